The summed E-state index contributed by atoms with van der Waals surface area (Å²) in [5.74, 6) is 0.290. The molecule has 29 heavy (non-hydrogen) atoms. The van der Waals surface area contributed by atoms with E-state index in [2.05, 4.69) is 39.1 Å². The molecule has 1 aliphatic heterocycles. The number of nitrogens with two attached hydrogens (primary N) is 2. The largest absolute Gasteiger partial charge is 0.368 e. The standard InChI is InChI=1S/C21H25N7O/c1-13-11-24-19-18(25-13)26-20(28(19)12-16(22)29)27-8-6-21(7-9-27)10-14-4-2-3-5-15(14)17(21)23/h2-5,11,17H,6-10,12,23H2,1H3,(H2,22,29). The maximum Gasteiger partial charge on any atom is 0.237 e. The molecule has 1 aliphatic carbocycles. The van der Waals surface area contributed by atoms with Gasteiger partial charge in [-0.25, -0.2) is 9.97 Å². The number of anilines is 1. The predicted octanol–water partition coefficient (Wildman–Crippen LogP) is 1.46. The number of benzene rings is 1. The molecule has 4 N–H and O–H groups in total. The minimum absolute atomic E-state index is 0.0379. The molecule has 0 bridgehead atoms. The first-order valence-electron chi connectivity index (χ1n) is 10.0. The van der Waals surface area contributed by atoms with Crippen molar-refractivity contribution in [2.75, 3.05) is 18.0 Å². The number of amides is 1. The third kappa shape index (κ3) is 2.86. The molecule has 5 rings (SSSR count). The Morgan fingerprint density at radius 2 is 2.00 bits per heavy atom. The number of carbonyl (C=O) groups excluding carboxylic acids is 1. The van der Waals surface area contributed by atoms with Gasteiger partial charge in [-0.3, -0.25) is 9.36 Å². The van der Waals surface area contributed by atoms with Crippen molar-refractivity contribution < 1.29 is 4.79 Å². The van der Waals surface area contributed by atoms with Gasteiger partial charge >= 0.3 is 0 Å². The smallest absolute Gasteiger partial charge is 0.237 e. The van der Waals surface area contributed by atoms with Crippen molar-refractivity contribution in [3.63, 3.8) is 0 Å². The number of hydrogen-bond acceptors (Lipinski definition) is 6. The summed E-state index contributed by atoms with van der Waals surface area (Å²) in [6.07, 6.45) is 4.66. The van der Waals surface area contributed by atoms with Crippen LogP contribution >= 0.6 is 0 Å². The zero-order valence-electron chi connectivity index (χ0n) is 16.5. The molecule has 1 saturated heterocycles. The lowest BCUT2D eigenvalue weighted by molar-refractivity contribution is -0.118. The highest BCUT2D eigenvalue weighted by molar-refractivity contribution is 5.78. The monoisotopic (exact) mass is 391 g/mol. The Morgan fingerprint density at radius 3 is 2.72 bits per heavy atom. The van der Waals surface area contributed by atoms with Crippen molar-refractivity contribution >= 4 is 23.1 Å². The van der Waals surface area contributed by atoms with Gasteiger partial charge in [-0.2, -0.15) is 4.98 Å². The van der Waals surface area contributed by atoms with Crippen LogP contribution in [-0.4, -0.2) is 38.5 Å². The molecule has 1 aromatic carbocycles. The average molecular weight is 391 g/mol. The van der Waals surface area contributed by atoms with E-state index < -0.39 is 5.91 Å². The van der Waals surface area contributed by atoms with E-state index in [1.807, 2.05) is 6.92 Å². The second-order valence-corrected chi connectivity index (χ2v) is 8.33. The van der Waals surface area contributed by atoms with E-state index in [0.29, 0.717) is 17.2 Å². The molecule has 0 saturated carbocycles. The van der Waals surface area contributed by atoms with Crippen molar-refractivity contribution in [1.29, 1.82) is 0 Å². The second kappa shape index (κ2) is 6.52. The maximum absolute atomic E-state index is 11.7. The fourth-order valence-corrected chi connectivity index (χ4v) is 4.97. The molecular formula is C21H25N7O. The van der Waals surface area contributed by atoms with Crippen molar-refractivity contribution in [1.82, 2.24) is 19.5 Å². The van der Waals surface area contributed by atoms with Crippen LogP contribution in [0.5, 0.6) is 0 Å². The first-order valence-corrected chi connectivity index (χ1v) is 10.0. The summed E-state index contributed by atoms with van der Waals surface area (Å²) in [6.45, 7) is 3.56. The Kier molecular flexibility index (Phi) is 4.06. The highest BCUT2D eigenvalue weighted by Crippen LogP contribution is 2.50. The van der Waals surface area contributed by atoms with E-state index in [1.165, 1.54) is 11.1 Å². The summed E-state index contributed by atoms with van der Waals surface area (Å²) in [4.78, 5) is 27.5. The Bertz CT molecular complexity index is 1100. The van der Waals surface area contributed by atoms with Crippen molar-refractivity contribution in [3.8, 4) is 0 Å². The van der Waals surface area contributed by atoms with Crippen LogP contribution in [0.25, 0.3) is 11.3 Å². The number of fused-ring (bicyclic) bond motifs is 2. The normalized spacial score (nSPS) is 20.3. The van der Waals surface area contributed by atoms with Crippen molar-refractivity contribution in [2.45, 2.75) is 38.8 Å². The third-order valence-electron chi connectivity index (χ3n) is 6.51. The van der Waals surface area contributed by atoms with E-state index >= 15 is 0 Å². The van der Waals surface area contributed by atoms with Gasteiger partial charge in [0.05, 0.1) is 11.9 Å². The van der Waals surface area contributed by atoms with Crippen LogP contribution in [0.3, 0.4) is 0 Å². The molecule has 2 aromatic heterocycles. The summed E-state index contributed by atoms with van der Waals surface area (Å²) in [6, 6.07) is 8.58. The number of aryl methyl sites for hydroxylation is 1. The lowest BCUT2D eigenvalue weighted by atomic mass is 9.73. The van der Waals surface area contributed by atoms with E-state index in [4.69, 9.17) is 16.5 Å². The van der Waals surface area contributed by atoms with Crippen molar-refractivity contribution in [3.05, 3.63) is 47.3 Å². The lowest BCUT2D eigenvalue weighted by Gasteiger charge is -2.42. The molecule has 1 spiro atoms. The first kappa shape index (κ1) is 18.1. The van der Waals surface area contributed by atoms with Gasteiger partial charge in [-0.1, -0.05) is 24.3 Å². The predicted molar refractivity (Wildman–Crippen MR) is 110 cm³/mol. The SMILES string of the molecule is Cc1cnc2c(n1)nc(N1CCC3(CC1)Cc1ccccc1C3N)n2CC(N)=O. The quantitative estimate of drug-likeness (QED) is 0.698. The van der Waals surface area contributed by atoms with Crippen LogP contribution < -0.4 is 16.4 Å². The Hall–Kier alpha value is -3.00. The van der Waals surface area contributed by atoms with Gasteiger partial charge in [0.2, 0.25) is 11.9 Å². The van der Waals surface area contributed by atoms with Crippen LogP contribution in [-0.2, 0) is 17.8 Å². The summed E-state index contributed by atoms with van der Waals surface area (Å²) < 4.78 is 1.78. The average Bonchev–Trinajstić information content (AvgIpc) is 3.18. The fourth-order valence-electron chi connectivity index (χ4n) is 4.97. The van der Waals surface area contributed by atoms with Gasteiger partial charge in [0.25, 0.3) is 0 Å². The molecule has 3 aromatic rings. The summed E-state index contributed by atoms with van der Waals surface area (Å²) in [7, 11) is 0. The zero-order chi connectivity index (χ0) is 20.2. The number of aromatic nitrogens is 4. The minimum Gasteiger partial charge on any atom is -0.368 e. The fraction of sp³-hybridized carbons (Fsp3) is 0.429. The highest BCUT2D eigenvalue weighted by Gasteiger charge is 2.46. The Balaban J connectivity index is 1.44. The van der Waals surface area contributed by atoms with E-state index in [9.17, 15) is 4.79 Å². The lowest BCUT2D eigenvalue weighted by Crippen LogP contribution is -2.45. The van der Waals surface area contributed by atoms with Gasteiger partial charge in [0, 0.05) is 19.1 Å². The number of piperidine rings is 1. The van der Waals surface area contributed by atoms with Gasteiger partial charge < -0.3 is 16.4 Å². The zero-order valence-corrected chi connectivity index (χ0v) is 16.5. The molecular weight excluding hydrogens is 366 g/mol. The van der Waals surface area contributed by atoms with Gasteiger partial charge in [0.1, 0.15) is 6.54 Å². The van der Waals surface area contributed by atoms with Crippen LogP contribution in [0.2, 0.25) is 0 Å². The topological polar surface area (TPSA) is 116 Å². The molecule has 150 valence electrons. The molecule has 8 heteroatoms. The number of imidazole rings is 1. The second-order valence-electron chi connectivity index (χ2n) is 8.33. The minimum atomic E-state index is -0.422. The summed E-state index contributed by atoms with van der Waals surface area (Å²) in [5.41, 5.74) is 16.9. The molecule has 8 nitrogen and oxygen atoms in total. The number of carbonyl (C=O) groups is 1. The van der Waals surface area contributed by atoms with Gasteiger partial charge in [0.15, 0.2) is 11.3 Å². The van der Waals surface area contributed by atoms with E-state index in [1.54, 1.807) is 10.8 Å². The Morgan fingerprint density at radius 1 is 1.24 bits per heavy atom. The molecule has 2 aliphatic rings. The molecule has 3 heterocycles. The molecule has 0 radical (unpaired) electrons. The number of primary amides is 1. The maximum atomic E-state index is 11.7. The third-order valence-corrected chi connectivity index (χ3v) is 6.51. The van der Waals surface area contributed by atoms with Crippen LogP contribution in [0.15, 0.2) is 30.5 Å². The molecule has 1 unspecified atom stereocenters. The first-order chi connectivity index (χ1) is 14.0. The van der Waals surface area contributed by atoms with Crippen LogP contribution in [0.4, 0.5) is 5.95 Å². The number of rotatable bonds is 3. The van der Waals surface area contributed by atoms with E-state index in [0.717, 1.165) is 38.0 Å². The molecule has 1 atom stereocenters. The summed E-state index contributed by atoms with van der Waals surface area (Å²) in [5, 5.41) is 0. The van der Waals surface area contributed by atoms with Gasteiger partial charge in [-0.15, -0.1) is 0 Å². The van der Waals surface area contributed by atoms with Crippen LogP contribution in [0, 0.1) is 12.3 Å². The van der Waals surface area contributed by atoms with Crippen LogP contribution in [0.1, 0.15) is 35.7 Å². The van der Waals surface area contributed by atoms with Crippen molar-refractivity contribution in [2.24, 2.45) is 16.9 Å². The number of hydrogen-bond donors (Lipinski definition) is 2. The molecule has 1 amide bonds. The highest BCUT2D eigenvalue weighted by atomic mass is 16.1. The van der Waals surface area contributed by atoms with E-state index in [-0.39, 0.29) is 18.0 Å². The van der Waals surface area contributed by atoms with Gasteiger partial charge in [-0.05, 0) is 42.7 Å². The Labute approximate surface area is 168 Å². The summed E-state index contributed by atoms with van der Waals surface area (Å²) >= 11 is 0. The molecule has 1 fully saturated rings. The number of nitrogens with zero attached hydrogens (tertiary/aromatic N) is 5.